The van der Waals surface area contributed by atoms with Gasteiger partial charge in [-0.15, -0.1) is 0 Å². The lowest BCUT2D eigenvalue weighted by atomic mass is 10.1. The average molecular weight is 359 g/mol. The van der Waals surface area contributed by atoms with Crippen molar-refractivity contribution >= 4 is 23.6 Å². The Morgan fingerprint density at radius 3 is 2.07 bits per heavy atom. The van der Waals surface area contributed by atoms with Crippen LogP contribution in [0.2, 0.25) is 0 Å². The highest BCUT2D eigenvalue weighted by Gasteiger charge is 2.02. The molecular weight excluding hydrogens is 342 g/mol. The van der Waals surface area contributed by atoms with Gasteiger partial charge in [-0.25, -0.2) is 4.79 Å². The van der Waals surface area contributed by atoms with Crippen molar-refractivity contribution in [1.29, 1.82) is 0 Å². The predicted molar refractivity (Wildman–Crippen MR) is 104 cm³/mol. The fraction of sp³-hybridized carbons (Fsp3) is 0. The number of rotatable bonds is 6. The number of carbonyl (C=O) groups excluding carboxylic acids is 1. The van der Waals surface area contributed by atoms with Crippen molar-refractivity contribution in [2.45, 2.75) is 0 Å². The molecule has 3 aromatic rings. The van der Waals surface area contributed by atoms with Gasteiger partial charge in [-0.05, 0) is 60.2 Å². The third-order valence-electron chi connectivity index (χ3n) is 3.69. The van der Waals surface area contributed by atoms with Crippen molar-refractivity contribution in [2.75, 3.05) is 5.32 Å². The van der Waals surface area contributed by atoms with Gasteiger partial charge in [-0.1, -0.05) is 30.3 Å². The first-order valence-corrected chi connectivity index (χ1v) is 8.25. The van der Waals surface area contributed by atoms with Crippen LogP contribution in [-0.2, 0) is 4.79 Å². The second kappa shape index (κ2) is 8.49. The summed E-state index contributed by atoms with van der Waals surface area (Å²) >= 11 is 0. The van der Waals surface area contributed by atoms with E-state index in [1.807, 2.05) is 30.3 Å². The summed E-state index contributed by atoms with van der Waals surface area (Å²) in [5.74, 6) is 0.149. The Labute approximate surface area is 156 Å². The molecule has 0 aliphatic carbocycles. The van der Waals surface area contributed by atoms with Gasteiger partial charge in [0.15, 0.2) is 0 Å². The highest BCUT2D eigenvalue weighted by atomic mass is 16.5. The molecule has 134 valence electrons. The fourth-order valence-electron chi connectivity index (χ4n) is 2.32. The standard InChI is InChI=1S/C22H17NO4/c24-21(15-8-16-6-9-17(10-7-16)22(25)26)23-18-11-13-20(14-12-18)27-19-4-2-1-3-5-19/h1-15H,(H,23,24)(H,25,26). The van der Waals surface area contributed by atoms with Crippen molar-refractivity contribution in [3.63, 3.8) is 0 Å². The number of aromatic carboxylic acids is 1. The topological polar surface area (TPSA) is 75.6 Å². The zero-order valence-electron chi connectivity index (χ0n) is 14.3. The number of nitrogens with one attached hydrogen (secondary N) is 1. The number of amides is 1. The maximum absolute atomic E-state index is 12.0. The molecule has 5 nitrogen and oxygen atoms in total. The van der Waals surface area contributed by atoms with E-state index < -0.39 is 5.97 Å². The van der Waals surface area contributed by atoms with Gasteiger partial charge in [0.25, 0.3) is 0 Å². The summed E-state index contributed by atoms with van der Waals surface area (Å²) in [7, 11) is 0. The molecule has 0 unspecified atom stereocenters. The Bertz CT molecular complexity index is 946. The quantitative estimate of drug-likeness (QED) is 0.618. The number of para-hydroxylation sites is 1. The first-order valence-electron chi connectivity index (χ1n) is 8.25. The lowest BCUT2D eigenvalue weighted by Gasteiger charge is -2.07. The van der Waals surface area contributed by atoms with E-state index in [9.17, 15) is 9.59 Å². The number of carboxylic acid groups (broad SMARTS) is 1. The molecule has 0 aliphatic rings. The Morgan fingerprint density at radius 1 is 0.815 bits per heavy atom. The largest absolute Gasteiger partial charge is 0.478 e. The van der Waals surface area contributed by atoms with Gasteiger partial charge < -0.3 is 15.2 Å². The maximum Gasteiger partial charge on any atom is 0.335 e. The van der Waals surface area contributed by atoms with E-state index in [0.29, 0.717) is 11.4 Å². The molecule has 0 radical (unpaired) electrons. The van der Waals surface area contributed by atoms with Crippen LogP contribution in [-0.4, -0.2) is 17.0 Å². The Kier molecular flexibility index (Phi) is 5.64. The van der Waals surface area contributed by atoms with Crippen molar-refractivity contribution in [1.82, 2.24) is 0 Å². The zero-order chi connectivity index (χ0) is 19.1. The second-order valence-corrected chi connectivity index (χ2v) is 5.69. The number of hydrogen-bond donors (Lipinski definition) is 2. The van der Waals surface area contributed by atoms with Crippen LogP contribution in [0.25, 0.3) is 6.08 Å². The molecule has 0 spiro atoms. The van der Waals surface area contributed by atoms with Gasteiger partial charge in [0.05, 0.1) is 5.56 Å². The van der Waals surface area contributed by atoms with Crippen LogP contribution in [0.5, 0.6) is 11.5 Å². The third kappa shape index (κ3) is 5.31. The van der Waals surface area contributed by atoms with Crippen LogP contribution in [0.3, 0.4) is 0 Å². The maximum atomic E-state index is 12.0. The molecule has 0 heterocycles. The first kappa shape index (κ1) is 17.9. The molecule has 3 aromatic carbocycles. The van der Waals surface area contributed by atoms with Crippen molar-refractivity contribution in [3.05, 3.63) is 96.1 Å². The number of anilines is 1. The molecule has 27 heavy (non-hydrogen) atoms. The van der Waals surface area contributed by atoms with Crippen LogP contribution in [0.1, 0.15) is 15.9 Å². The minimum absolute atomic E-state index is 0.203. The molecule has 0 aliphatic heterocycles. The van der Waals surface area contributed by atoms with E-state index in [2.05, 4.69) is 5.32 Å². The molecular formula is C22H17NO4. The van der Waals surface area contributed by atoms with Crippen molar-refractivity contribution in [3.8, 4) is 11.5 Å². The van der Waals surface area contributed by atoms with E-state index in [1.54, 1.807) is 42.5 Å². The van der Waals surface area contributed by atoms with E-state index in [-0.39, 0.29) is 11.5 Å². The molecule has 0 atom stereocenters. The lowest BCUT2D eigenvalue weighted by Crippen LogP contribution is -2.07. The molecule has 0 bridgehead atoms. The van der Waals surface area contributed by atoms with Gasteiger partial charge in [0.1, 0.15) is 11.5 Å². The second-order valence-electron chi connectivity index (χ2n) is 5.69. The number of ether oxygens (including phenoxy) is 1. The lowest BCUT2D eigenvalue weighted by molar-refractivity contribution is -0.111. The summed E-state index contributed by atoms with van der Waals surface area (Å²) in [4.78, 5) is 22.8. The molecule has 0 saturated heterocycles. The Balaban J connectivity index is 1.56. The molecule has 0 aromatic heterocycles. The van der Waals surface area contributed by atoms with Crippen LogP contribution >= 0.6 is 0 Å². The first-order chi connectivity index (χ1) is 13.1. The van der Waals surface area contributed by atoms with Crippen LogP contribution in [0.4, 0.5) is 5.69 Å². The third-order valence-corrected chi connectivity index (χ3v) is 3.69. The normalized spacial score (nSPS) is 10.5. The molecule has 5 heteroatoms. The summed E-state index contributed by atoms with van der Waals surface area (Å²) in [5.41, 5.74) is 1.59. The van der Waals surface area contributed by atoms with Gasteiger partial charge in [0, 0.05) is 11.8 Å². The van der Waals surface area contributed by atoms with Crippen LogP contribution < -0.4 is 10.1 Å². The van der Waals surface area contributed by atoms with Crippen LogP contribution in [0.15, 0.2) is 84.9 Å². The SMILES string of the molecule is O=C(C=Cc1ccc(C(=O)O)cc1)Nc1ccc(Oc2ccccc2)cc1. The Hall–Kier alpha value is -3.86. The van der Waals surface area contributed by atoms with Crippen molar-refractivity contribution < 1.29 is 19.4 Å². The van der Waals surface area contributed by atoms with Crippen LogP contribution in [0, 0.1) is 0 Å². The molecule has 0 saturated carbocycles. The van der Waals surface area contributed by atoms with E-state index in [4.69, 9.17) is 9.84 Å². The minimum atomic E-state index is -0.983. The molecule has 1 amide bonds. The number of benzene rings is 3. The summed E-state index contributed by atoms with van der Waals surface area (Å²) in [6, 6.07) is 22.8. The highest BCUT2D eigenvalue weighted by molar-refractivity contribution is 6.02. The zero-order valence-corrected chi connectivity index (χ0v) is 14.3. The molecule has 0 fully saturated rings. The number of carbonyl (C=O) groups is 2. The van der Waals surface area contributed by atoms with Gasteiger partial charge in [-0.3, -0.25) is 4.79 Å². The van der Waals surface area contributed by atoms with E-state index >= 15 is 0 Å². The minimum Gasteiger partial charge on any atom is -0.478 e. The molecule has 3 rings (SSSR count). The summed E-state index contributed by atoms with van der Waals surface area (Å²) in [5, 5.41) is 11.6. The van der Waals surface area contributed by atoms with E-state index in [0.717, 1.165) is 11.3 Å². The summed E-state index contributed by atoms with van der Waals surface area (Å²) in [6.45, 7) is 0. The van der Waals surface area contributed by atoms with Gasteiger partial charge in [-0.2, -0.15) is 0 Å². The summed E-state index contributed by atoms with van der Waals surface area (Å²) in [6.07, 6.45) is 3.01. The Morgan fingerprint density at radius 2 is 1.44 bits per heavy atom. The summed E-state index contributed by atoms with van der Waals surface area (Å²) < 4.78 is 5.70. The number of carboxylic acids is 1. The monoisotopic (exact) mass is 359 g/mol. The van der Waals surface area contributed by atoms with Gasteiger partial charge >= 0.3 is 5.97 Å². The smallest absolute Gasteiger partial charge is 0.335 e. The average Bonchev–Trinajstić information content (AvgIpc) is 2.69. The van der Waals surface area contributed by atoms with Crippen molar-refractivity contribution in [2.24, 2.45) is 0 Å². The van der Waals surface area contributed by atoms with Gasteiger partial charge in [0.2, 0.25) is 5.91 Å². The molecule has 2 N–H and O–H groups in total. The number of hydrogen-bond acceptors (Lipinski definition) is 3. The van der Waals surface area contributed by atoms with E-state index in [1.165, 1.54) is 18.2 Å². The predicted octanol–water partition coefficient (Wildman–Crippen LogP) is 4.83. The fourth-order valence-corrected chi connectivity index (χ4v) is 2.32. The highest BCUT2D eigenvalue weighted by Crippen LogP contribution is 2.22.